The number of aliphatic imine (C=N–C) groups is 1. The van der Waals surface area contributed by atoms with Crippen molar-refractivity contribution >= 4 is 35.8 Å². The van der Waals surface area contributed by atoms with Crippen LogP contribution in [0.5, 0.6) is 0 Å². The number of benzene rings is 1. The first-order valence-electron chi connectivity index (χ1n) is 9.74. The molecule has 1 amide bonds. The van der Waals surface area contributed by atoms with Gasteiger partial charge in [-0.25, -0.2) is 4.99 Å². The molecule has 1 atom stereocenters. The van der Waals surface area contributed by atoms with Gasteiger partial charge in [0.05, 0.1) is 12.6 Å². The van der Waals surface area contributed by atoms with Gasteiger partial charge in [0.1, 0.15) is 0 Å². The number of halogens is 1. The van der Waals surface area contributed by atoms with Crippen molar-refractivity contribution in [3.63, 3.8) is 0 Å². The molecule has 2 aliphatic heterocycles. The van der Waals surface area contributed by atoms with Gasteiger partial charge < -0.3 is 20.3 Å². The first-order valence-corrected chi connectivity index (χ1v) is 9.74. The maximum atomic E-state index is 11.8. The van der Waals surface area contributed by atoms with Crippen LogP contribution in [0.25, 0.3) is 0 Å². The zero-order valence-corrected chi connectivity index (χ0v) is 18.4. The molecule has 1 unspecified atom stereocenters. The number of ether oxygens (including phenoxy) is 1. The van der Waals surface area contributed by atoms with Crippen LogP contribution in [0.4, 0.5) is 0 Å². The summed E-state index contributed by atoms with van der Waals surface area (Å²) in [6, 6.07) is 8.37. The second kappa shape index (κ2) is 11.5. The van der Waals surface area contributed by atoms with Gasteiger partial charge in [-0.1, -0.05) is 24.3 Å². The van der Waals surface area contributed by atoms with E-state index >= 15 is 0 Å². The Kier molecular flexibility index (Phi) is 9.33. The predicted molar refractivity (Wildman–Crippen MR) is 118 cm³/mol. The van der Waals surface area contributed by atoms with Gasteiger partial charge in [-0.3, -0.25) is 4.79 Å². The number of likely N-dealkylation sites (tertiary alicyclic amines) is 1. The number of amides is 1. The van der Waals surface area contributed by atoms with Crippen LogP contribution in [-0.4, -0.2) is 49.1 Å². The summed E-state index contributed by atoms with van der Waals surface area (Å²) >= 11 is 0. The van der Waals surface area contributed by atoms with Gasteiger partial charge in [-0.15, -0.1) is 24.0 Å². The Labute approximate surface area is 179 Å². The molecule has 0 aromatic heterocycles. The summed E-state index contributed by atoms with van der Waals surface area (Å²) in [6.07, 6.45) is 4.22. The number of hydrogen-bond acceptors (Lipinski definition) is 3. The van der Waals surface area contributed by atoms with Gasteiger partial charge in [0, 0.05) is 39.2 Å². The van der Waals surface area contributed by atoms with Gasteiger partial charge in [-0.05, 0) is 37.3 Å². The molecule has 2 fully saturated rings. The van der Waals surface area contributed by atoms with Crippen molar-refractivity contribution in [1.82, 2.24) is 15.5 Å². The lowest BCUT2D eigenvalue weighted by Gasteiger charge is -2.16. The molecular formula is C20H31IN4O2. The quantitative estimate of drug-likeness (QED) is 0.354. The number of carbonyl (C=O) groups is 1. The van der Waals surface area contributed by atoms with Crippen LogP contribution in [0.1, 0.15) is 43.7 Å². The smallest absolute Gasteiger partial charge is 0.222 e. The standard InChI is InChI=1S/C20H30N4O2.HI/c1-2-21-20(23-14-18-8-5-11-26-18)22-13-16-6-3-7-17(12-16)15-24-10-4-9-19(24)25;/h3,6-7,12,18H,2,4-5,8-11,13-15H2,1H3,(H2,21,22,23);1H. The van der Waals surface area contributed by atoms with Crippen LogP contribution in [0.15, 0.2) is 29.3 Å². The third-order valence-electron chi connectivity index (χ3n) is 4.82. The van der Waals surface area contributed by atoms with E-state index in [9.17, 15) is 4.79 Å². The number of nitrogens with one attached hydrogen (secondary N) is 2. The van der Waals surface area contributed by atoms with Gasteiger partial charge in [0.15, 0.2) is 5.96 Å². The summed E-state index contributed by atoms with van der Waals surface area (Å²) < 4.78 is 5.65. The van der Waals surface area contributed by atoms with Crippen LogP contribution in [-0.2, 0) is 22.6 Å². The molecule has 0 spiro atoms. The van der Waals surface area contributed by atoms with E-state index in [1.54, 1.807) is 0 Å². The highest BCUT2D eigenvalue weighted by Gasteiger charge is 2.20. The van der Waals surface area contributed by atoms with Crippen molar-refractivity contribution in [2.45, 2.75) is 51.8 Å². The summed E-state index contributed by atoms with van der Waals surface area (Å²) in [6.45, 7) is 6.75. The molecule has 1 aromatic carbocycles. The lowest BCUT2D eigenvalue weighted by atomic mass is 10.1. The fraction of sp³-hybridized carbons (Fsp3) is 0.600. The molecule has 6 nitrogen and oxygen atoms in total. The molecule has 2 aliphatic rings. The third kappa shape index (κ3) is 6.95. The van der Waals surface area contributed by atoms with E-state index in [0.29, 0.717) is 25.6 Å². The van der Waals surface area contributed by atoms with Gasteiger partial charge in [-0.2, -0.15) is 0 Å². The Hall–Kier alpha value is -1.35. The zero-order valence-electron chi connectivity index (χ0n) is 16.1. The Balaban J connectivity index is 0.00000261. The topological polar surface area (TPSA) is 66.0 Å². The minimum absolute atomic E-state index is 0. The van der Waals surface area contributed by atoms with E-state index in [-0.39, 0.29) is 29.9 Å². The molecule has 0 radical (unpaired) electrons. The van der Waals surface area contributed by atoms with E-state index < -0.39 is 0 Å². The summed E-state index contributed by atoms with van der Waals surface area (Å²) in [5, 5.41) is 6.66. The molecule has 3 rings (SSSR count). The number of carbonyl (C=O) groups excluding carboxylic acids is 1. The monoisotopic (exact) mass is 486 g/mol. The highest BCUT2D eigenvalue weighted by atomic mass is 127. The maximum Gasteiger partial charge on any atom is 0.222 e. The molecule has 2 saturated heterocycles. The summed E-state index contributed by atoms with van der Waals surface area (Å²) in [5.41, 5.74) is 2.33. The van der Waals surface area contributed by atoms with Crippen LogP contribution in [0.3, 0.4) is 0 Å². The van der Waals surface area contributed by atoms with Gasteiger partial charge in [0.25, 0.3) is 0 Å². The molecule has 150 valence electrons. The van der Waals surface area contributed by atoms with Crippen LogP contribution in [0.2, 0.25) is 0 Å². The maximum absolute atomic E-state index is 11.8. The Morgan fingerprint density at radius 2 is 2.15 bits per heavy atom. The van der Waals surface area contributed by atoms with E-state index in [4.69, 9.17) is 9.73 Å². The number of hydrogen-bond donors (Lipinski definition) is 2. The molecule has 27 heavy (non-hydrogen) atoms. The van der Waals surface area contributed by atoms with Crippen molar-refractivity contribution in [2.24, 2.45) is 4.99 Å². The van der Waals surface area contributed by atoms with Crippen molar-refractivity contribution in [1.29, 1.82) is 0 Å². The molecular weight excluding hydrogens is 455 g/mol. The largest absolute Gasteiger partial charge is 0.376 e. The van der Waals surface area contributed by atoms with E-state index in [1.807, 2.05) is 11.0 Å². The summed E-state index contributed by atoms with van der Waals surface area (Å²) in [7, 11) is 0. The molecule has 2 heterocycles. The summed E-state index contributed by atoms with van der Waals surface area (Å²) in [5.74, 6) is 1.09. The SMILES string of the molecule is CCNC(=NCc1cccc(CN2CCCC2=O)c1)NCC1CCCO1.I. The van der Waals surface area contributed by atoms with Crippen molar-refractivity contribution in [3.05, 3.63) is 35.4 Å². The van der Waals surface area contributed by atoms with Crippen molar-refractivity contribution in [3.8, 4) is 0 Å². The Bertz CT molecular complexity index is 632. The molecule has 1 aromatic rings. The van der Waals surface area contributed by atoms with Crippen molar-refractivity contribution < 1.29 is 9.53 Å². The first kappa shape index (κ1) is 21.9. The molecule has 0 aliphatic carbocycles. The van der Waals surface area contributed by atoms with Crippen molar-refractivity contribution in [2.75, 3.05) is 26.2 Å². The van der Waals surface area contributed by atoms with Crippen LogP contribution >= 0.6 is 24.0 Å². The lowest BCUT2D eigenvalue weighted by Crippen LogP contribution is -2.41. The Morgan fingerprint density at radius 3 is 2.85 bits per heavy atom. The first-order chi connectivity index (χ1) is 12.7. The van der Waals surface area contributed by atoms with Crippen LogP contribution < -0.4 is 10.6 Å². The third-order valence-corrected chi connectivity index (χ3v) is 4.82. The predicted octanol–water partition coefficient (Wildman–Crippen LogP) is 2.66. The summed E-state index contributed by atoms with van der Waals surface area (Å²) in [4.78, 5) is 18.4. The number of nitrogens with zero attached hydrogens (tertiary/aromatic N) is 2. The zero-order chi connectivity index (χ0) is 18.2. The second-order valence-electron chi connectivity index (χ2n) is 6.95. The Morgan fingerprint density at radius 1 is 1.30 bits per heavy atom. The average Bonchev–Trinajstić information content (AvgIpc) is 3.30. The van der Waals surface area contributed by atoms with E-state index in [2.05, 4.69) is 35.8 Å². The van der Waals surface area contributed by atoms with E-state index in [0.717, 1.165) is 57.0 Å². The highest BCUT2D eigenvalue weighted by molar-refractivity contribution is 14.0. The second-order valence-corrected chi connectivity index (χ2v) is 6.95. The molecule has 0 bridgehead atoms. The lowest BCUT2D eigenvalue weighted by molar-refractivity contribution is -0.128. The fourth-order valence-corrected chi connectivity index (χ4v) is 3.45. The van der Waals surface area contributed by atoms with Crippen LogP contribution in [0, 0.1) is 0 Å². The fourth-order valence-electron chi connectivity index (χ4n) is 3.45. The highest BCUT2D eigenvalue weighted by Crippen LogP contribution is 2.15. The normalized spacial score (nSPS) is 19.9. The molecule has 7 heteroatoms. The molecule has 2 N–H and O–H groups in total. The minimum atomic E-state index is 0. The minimum Gasteiger partial charge on any atom is -0.376 e. The van der Waals surface area contributed by atoms with Gasteiger partial charge >= 0.3 is 0 Å². The number of guanidine groups is 1. The van der Waals surface area contributed by atoms with E-state index in [1.165, 1.54) is 5.56 Å². The number of rotatable bonds is 7. The molecule has 0 saturated carbocycles. The average molecular weight is 486 g/mol. The van der Waals surface area contributed by atoms with Gasteiger partial charge in [0.2, 0.25) is 5.91 Å².